The summed E-state index contributed by atoms with van der Waals surface area (Å²) in [5, 5.41) is 2.63. The number of benzene rings is 2. The molecule has 0 fully saturated rings. The number of hydrogen-bond acceptors (Lipinski definition) is 5. The van der Waals surface area contributed by atoms with Crippen LogP contribution in [0.25, 0.3) is 0 Å². The van der Waals surface area contributed by atoms with Crippen molar-refractivity contribution in [1.29, 1.82) is 0 Å². The summed E-state index contributed by atoms with van der Waals surface area (Å²) in [6, 6.07) is 8.30. The van der Waals surface area contributed by atoms with Gasteiger partial charge in [-0.15, -0.1) is 0 Å². The average molecular weight is 376 g/mol. The van der Waals surface area contributed by atoms with E-state index in [4.69, 9.17) is 14.2 Å². The number of methoxy groups -OCH3 is 2. The van der Waals surface area contributed by atoms with Crippen LogP contribution in [0.1, 0.15) is 10.4 Å². The van der Waals surface area contributed by atoms with Gasteiger partial charge in [-0.05, 0) is 30.3 Å². The van der Waals surface area contributed by atoms with E-state index in [0.29, 0.717) is 17.2 Å². The van der Waals surface area contributed by atoms with Crippen LogP contribution < -0.4 is 19.5 Å². The number of ether oxygens (including phenoxy) is 3. The first-order chi connectivity index (χ1) is 12.8. The third-order valence-corrected chi connectivity index (χ3v) is 3.62. The van der Waals surface area contributed by atoms with Gasteiger partial charge in [0.1, 0.15) is 11.6 Å². The molecule has 8 heteroatoms. The minimum absolute atomic E-state index is 0.243. The predicted octanol–water partition coefficient (Wildman–Crippen LogP) is 2.56. The summed E-state index contributed by atoms with van der Waals surface area (Å²) in [6.07, 6.45) is 0. The lowest BCUT2D eigenvalue weighted by Gasteiger charge is -2.18. The monoisotopic (exact) mass is 376 g/mol. The molecule has 0 saturated carbocycles. The zero-order chi connectivity index (χ0) is 20.0. The molecule has 0 aliphatic heterocycles. The molecule has 0 saturated heterocycles. The fraction of sp³-hybridized carbons (Fsp3) is 0.263. The molecule has 27 heavy (non-hydrogen) atoms. The van der Waals surface area contributed by atoms with Crippen molar-refractivity contribution in [1.82, 2.24) is 4.90 Å². The molecular formula is C19H21FN2O5. The highest BCUT2D eigenvalue weighted by atomic mass is 19.1. The van der Waals surface area contributed by atoms with Crippen molar-refractivity contribution in [3.63, 3.8) is 0 Å². The molecule has 2 aromatic rings. The summed E-state index contributed by atoms with van der Waals surface area (Å²) < 4.78 is 28.7. The highest BCUT2D eigenvalue weighted by Gasteiger charge is 2.20. The van der Waals surface area contributed by atoms with Crippen molar-refractivity contribution in [2.75, 3.05) is 40.2 Å². The van der Waals surface area contributed by atoms with Crippen LogP contribution in [-0.4, -0.2) is 51.6 Å². The van der Waals surface area contributed by atoms with Crippen LogP contribution in [0.3, 0.4) is 0 Å². The Balaban J connectivity index is 2.20. The number of rotatable bonds is 7. The second kappa shape index (κ2) is 8.88. The Morgan fingerprint density at radius 2 is 1.63 bits per heavy atom. The maximum atomic E-state index is 12.9. The fourth-order valence-corrected chi connectivity index (χ4v) is 2.27. The number of amides is 2. The zero-order valence-electron chi connectivity index (χ0n) is 15.5. The summed E-state index contributed by atoms with van der Waals surface area (Å²) >= 11 is 0. The molecule has 0 aromatic heterocycles. The number of hydrogen-bond donors (Lipinski definition) is 1. The van der Waals surface area contributed by atoms with Crippen LogP contribution in [0, 0.1) is 5.82 Å². The van der Waals surface area contributed by atoms with Crippen LogP contribution in [0.2, 0.25) is 0 Å². The standard InChI is InChI=1S/C19H21FN2O5/c1-22(2)19(24)14-9-16(25-3)17(26-4)10-15(14)21-18(23)11-27-13-7-5-12(20)6-8-13/h5-10H,11H2,1-4H3,(H,21,23). The summed E-state index contributed by atoms with van der Waals surface area (Å²) in [5.41, 5.74) is 0.506. The molecule has 2 aromatic carbocycles. The van der Waals surface area contributed by atoms with Gasteiger partial charge in [0, 0.05) is 20.2 Å². The van der Waals surface area contributed by atoms with Crippen molar-refractivity contribution < 1.29 is 28.2 Å². The van der Waals surface area contributed by atoms with Crippen molar-refractivity contribution in [2.45, 2.75) is 0 Å². The Hall–Kier alpha value is -3.29. The van der Waals surface area contributed by atoms with Crippen molar-refractivity contribution in [2.24, 2.45) is 0 Å². The van der Waals surface area contributed by atoms with Gasteiger partial charge in [0.05, 0.1) is 25.5 Å². The summed E-state index contributed by atoms with van der Waals surface area (Å²) in [6.45, 7) is -0.310. The van der Waals surface area contributed by atoms with E-state index >= 15 is 0 Å². The normalized spacial score (nSPS) is 10.1. The Labute approximate surface area is 156 Å². The third kappa shape index (κ3) is 5.10. The first-order valence-corrected chi connectivity index (χ1v) is 8.01. The van der Waals surface area contributed by atoms with Gasteiger partial charge in [-0.2, -0.15) is 0 Å². The van der Waals surface area contributed by atoms with E-state index < -0.39 is 11.7 Å². The Bertz CT molecular complexity index is 822. The minimum atomic E-state index is -0.487. The highest BCUT2D eigenvalue weighted by molar-refractivity contribution is 6.04. The molecule has 0 spiro atoms. The third-order valence-electron chi connectivity index (χ3n) is 3.62. The molecule has 0 aliphatic rings. The zero-order valence-corrected chi connectivity index (χ0v) is 15.5. The van der Waals surface area contributed by atoms with E-state index in [1.54, 1.807) is 14.1 Å². The quantitative estimate of drug-likeness (QED) is 0.804. The lowest BCUT2D eigenvalue weighted by molar-refractivity contribution is -0.118. The second-order valence-electron chi connectivity index (χ2n) is 5.74. The van der Waals surface area contributed by atoms with Crippen LogP contribution in [0.15, 0.2) is 36.4 Å². The number of carbonyl (C=O) groups is 2. The molecule has 2 rings (SSSR count). The SMILES string of the molecule is COc1cc(NC(=O)COc2ccc(F)cc2)c(C(=O)N(C)C)cc1OC. The predicted molar refractivity (Wildman–Crippen MR) is 98.1 cm³/mol. The summed E-state index contributed by atoms with van der Waals surface area (Å²) in [5.74, 6) is -0.122. The van der Waals surface area contributed by atoms with Gasteiger partial charge in [-0.25, -0.2) is 4.39 Å². The number of nitrogens with zero attached hydrogens (tertiary/aromatic N) is 1. The fourth-order valence-electron chi connectivity index (χ4n) is 2.27. The molecule has 0 aliphatic carbocycles. The van der Waals surface area contributed by atoms with Gasteiger partial charge in [-0.1, -0.05) is 0 Å². The van der Waals surface area contributed by atoms with Crippen molar-refractivity contribution >= 4 is 17.5 Å². The topological polar surface area (TPSA) is 77.1 Å². The van der Waals surface area contributed by atoms with E-state index in [-0.39, 0.29) is 23.8 Å². The number of carbonyl (C=O) groups excluding carboxylic acids is 2. The maximum absolute atomic E-state index is 12.9. The van der Waals surface area contributed by atoms with Crippen LogP contribution >= 0.6 is 0 Å². The van der Waals surface area contributed by atoms with Gasteiger partial charge in [0.15, 0.2) is 18.1 Å². The molecule has 7 nitrogen and oxygen atoms in total. The lowest BCUT2D eigenvalue weighted by atomic mass is 10.1. The smallest absolute Gasteiger partial charge is 0.262 e. The highest BCUT2D eigenvalue weighted by Crippen LogP contribution is 2.33. The van der Waals surface area contributed by atoms with Crippen molar-refractivity contribution in [3.05, 3.63) is 47.8 Å². The minimum Gasteiger partial charge on any atom is -0.493 e. The molecule has 0 atom stereocenters. The first-order valence-electron chi connectivity index (χ1n) is 8.01. The van der Waals surface area contributed by atoms with Gasteiger partial charge in [0.2, 0.25) is 0 Å². The Morgan fingerprint density at radius 1 is 1.04 bits per heavy atom. The summed E-state index contributed by atoms with van der Waals surface area (Å²) in [7, 11) is 6.11. The van der Waals surface area contributed by atoms with Crippen LogP contribution in [0.4, 0.5) is 10.1 Å². The van der Waals surface area contributed by atoms with Crippen LogP contribution in [-0.2, 0) is 4.79 Å². The number of anilines is 1. The molecule has 144 valence electrons. The largest absolute Gasteiger partial charge is 0.493 e. The number of nitrogens with one attached hydrogen (secondary N) is 1. The molecular weight excluding hydrogens is 355 g/mol. The van der Waals surface area contributed by atoms with Crippen LogP contribution in [0.5, 0.6) is 17.2 Å². The van der Waals surface area contributed by atoms with E-state index in [1.807, 2.05) is 0 Å². The molecule has 1 N–H and O–H groups in total. The first kappa shape index (κ1) is 20.0. The van der Waals surface area contributed by atoms with Gasteiger partial charge in [-0.3, -0.25) is 9.59 Å². The maximum Gasteiger partial charge on any atom is 0.262 e. The summed E-state index contributed by atoms with van der Waals surface area (Å²) in [4.78, 5) is 26.1. The molecule has 0 unspecified atom stereocenters. The molecule has 0 radical (unpaired) electrons. The average Bonchev–Trinajstić information content (AvgIpc) is 2.66. The van der Waals surface area contributed by atoms with Gasteiger partial charge < -0.3 is 24.4 Å². The number of halogens is 1. The van der Waals surface area contributed by atoms with Gasteiger partial charge >= 0.3 is 0 Å². The Kier molecular flexibility index (Phi) is 6.59. The van der Waals surface area contributed by atoms with E-state index in [9.17, 15) is 14.0 Å². The molecule has 2 amide bonds. The Morgan fingerprint density at radius 3 is 2.19 bits per heavy atom. The lowest BCUT2D eigenvalue weighted by Crippen LogP contribution is -2.26. The molecule has 0 bridgehead atoms. The van der Waals surface area contributed by atoms with E-state index in [1.165, 1.54) is 55.5 Å². The molecule has 0 heterocycles. The van der Waals surface area contributed by atoms with E-state index in [2.05, 4.69) is 5.32 Å². The van der Waals surface area contributed by atoms with Crippen molar-refractivity contribution in [3.8, 4) is 17.2 Å². The van der Waals surface area contributed by atoms with Gasteiger partial charge in [0.25, 0.3) is 11.8 Å². The van der Waals surface area contributed by atoms with E-state index in [0.717, 1.165) is 0 Å². The second-order valence-corrected chi connectivity index (χ2v) is 5.74.